The van der Waals surface area contributed by atoms with Crippen molar-refractivity contribution in [1.29, 1.82) is 0 Å². The molecule has 4 saturated carbocycles. The van der Waals surface area contributed by atoms with Crippen LogP contribution in [0.4, 0.5) is 0 Å². The third-order valence-corrected chi connectivity index (χ3v) is 7.99. The van der Waals surface area contributed by atoms with Crippen LogP contribution in [0, 0.1) is 17.8 Å². The average molecular weight is 360 g/mol. The fraction of sp³-hybridized carbons (Fsp3) is 0.667. The summed E-state index contributed by atoms with van der Waals surface area (Å²) in [5, 5.41) is 3.14. The Bertz CT molecular complexity index is 609. The standard InChI is InChI=1S/C21H29NO2S/c1-14(20(23)22-13-18-5-3-4-6-19(18)24-2)25-21-10-15-7-16(11-21)9-17(8-15)12-21/h3-6,14-17H,7-13H2,1-2H3,(H,22,23)/t14-,15?,16?,17?,21?/m0/s1. The molecule has 3 nitrogen and oxygen atoms in total. The fourth-order valence-corrected chi connectivity index (χ4v) is 7.72. The highest BCUT2D eigenvalue weighted by Crippen LogP contribution is 2.61. The van der Waals surface area contributed by atoms with E-state index in [0.717, 1.165) is 29.1 Å². The molecule has 4 bridgehead atoms. The summed E-state index contributed by atoms with van der Waals surface area (Å²) in [5.41, 5.74) is 1.03. The van der Waals surface area contributed by atoms with E-state index in [9.17, 15) is 4.79 Å². The second kappa shape index (κ2) is 6.86. The number of thioether (sulfide) groups is 1. The SMILES string of the molecule is COc1ccccc1CNC(=O)[C@H](C)SC12CC3CC(CC(C3)C1)C2. The zero-order valence-electron chi connectivity index (χ0n) is 15.3. The Morgan fingerprint density at radius 2 is 1.80 bits per heavy atom. The Labute approximate surface area is 155 Å². The predicted octanol–water partition coefficient (Wildman–Crippen LogP) is 4.40. The molecule has 4 aliphatic carbocycles. The topological polar surface area (TPSA) is 38.3 Å². The van der Waals surface area contributed by atoms with Crippen molar-refractivity contribution in [1.82, 2.24) is 5.32 Å². The first-order valence-corrected chi connectivity index (χ1v) is 10.5. The molecule has 0 saturated heterocycles. The minimum atomic E-state index is 0.0194. The first kappa shape index (κ1) is 17.3. The molecule has 1 amide bonds. The lowest BCUT2D eigenvalue weighted by molar-refractivity contribution is -0.120. The van der Waals surface area contributed by atoms with Gasteiger partial charge in [0.05, 0.1) is 12.4 Å². The summed E-state index contributed by atoms with van der Waals surface area (Å²) in [6, 6.07) is 7.89. The van der Waals surface area contributed by atoms with Gasteiger partial charge in [-0.1, -0.05) is 18.2 Å². The van der Waals surface area contributed by atoms with Gasteiger partial charge in [-0.15, -0.1) is 11.8 Å². The van der Waals surface area contributed by atoms with Gasteiger partial charge in [-0.3, -0.25) is 4.79 Å². The summed E-state index contributed by atoms with van der Waals surface area (Å²) < 4.78 is 5.76. The van der Waals surface area contributed by atoms with Gasteiger partial charge in [0.2, 0.25) is 5.91 Å². The van der Waals surface area contributed by atoms with Crippen LogP contribution in [0.3, 0.4) is 0 Å². The number of benzene rings is 1. The van der Waals surface area contributed by atoms with Gasteiger partial charge in [0.25, 0.3) is 0 Å². The van der Waals surface area contributed by atoms with Crippen LogP contribution in [0.5, 0.6) is 5.75 Å². The second-order valence-electron chi connectivity index (χ2n) is 8.39. The molecule has 1 N–H and O–H groups in total. The number of ether oxygens (including phenoxy) is 1. The highest BCUT2D eigenvalue weighted by atomic mass is 32.2. The molecule has 0 spiro atoms. The second-order valence-corrected chi connectivity index (χ2v) is 10.2. The normalized spacial score (nSPS) is 33.9. The monoisotopic (exact) mass is 359 g/mol. The summed E-state index contributed by atoms with van der Waals surface area (Å²) in [5.74, 6) is 3.80. The van der Waals surface area contributed by atoms with Crippen LogP contribution in [0.25, 0.3) is 0 Å². The number of nitrogens with one attached hydrogen (secondary N) is 1. The lowest BCUT2D eigenvalue weighted by Crippen LogP contribution is -2.50. The van der Waals surface area contributed by atoms with Crippen molar-refractivity contribution < 1.29 is 9.53 Å². The molecule has 5 rings (SSSR count). The molecule has 0 unspecified atom stereocenters. The molecule has 0 aliphatic heterocycles. The van der Waals surface area contributed by atoms with Gasteiger partial charge < -0.3 is 10.1 Å². The Morgan fingerprint density at radius 3 is 2.40 bits per heavy atom. The van der Waals surface area contributed by atoms with E-state index in [1.807, 2.05) is 36.0 Å². The van der Waals surface area contributed by atoms with Crippen molar-refractivity contribution in [2.75, 3.05) is 7.11 Å². The molecule has 25 heavy (non-hydrogen) atoms. The molecule has 4 heteroatoms. The van der Waals surface area contributed by atoms with Crippen LogP contribution in [0.2, 0.25) is 0 Å². The van der Waals surface area contributed by atoms with E-state index in [2.05, 4.69) is 12.2 Å². The van der Waals surface area contributed by atoms with Gasteiger partial charge in [0, 0.05) is 16.9 Å². The van der Waals surface area contributed by atoms with Crippen molar-refractivity contribution in [2.45, 2.75) is 62.0 Å². The third kappa shape index (κ3) is 3.55. The number of para-hydroxylation sites is 1. The molecule has 1 atom stereocenters. The number of carbonyl (C=O) groups is 1. The van der Waals surface area contributed by atoms with Crippen molar-refractivity contribution >= 4 is 17.7 Å². The van der Waals surface area contributed by atoms with Crippen LogP contribution in [0.1, 0.15) is 51.0 Å². The van der Waals surface area contributed by atoms with E-state index in [1.165, 1.54) is 38.5 Å². The number of hydrogen-bond donors (Lipinski definition) is 1. The molecule has 0 radical (unpaired) electrons. The van der Waals surface area contributed by atoms with Crippen LogP contribution >= 0.6 is 11.8 Å². The Kier molecular flexibility index (Phi) is 4.74. The van der Waals surface area contributed by atoms with E-state index >= 15 is 0 Å². The van der Waals surface area contributed by atoms with Gasteiger partial charge in [0.15, 0.2) is 0 Å². The largest absolute Gasteiger partial charge is 0.496 e. The molecule has 1 aromatic rings. The summed E-state index contributed by atoms with van der Waals surface area (Å²) in [6.07, 6.45) is 8.38. The predicted molar refractivity (Wildman–Crippen MR) is 103 cm³/mol. The first-order valence-electron chi connectivity index (χ1n) is 9.64. The first-order chi connectivity index (χ1) is 12.1. The van der Waals surface area contributed by atoms with Gasteiger partial charge >= 0.3 is 0 Å². The van der Waals surface area contributed by atoms with Gasteiger partial charge in [-0.2, -0.15) is 0 Å². The van der Waals surface area contributed by atoms with Crippen LogP contribution < -0.4 is 10.1 Å². The Balaban J connectivity index is 1.35. The van der Waals surface area contributed by atoms with Crippen molar-refractivity contribution in [3.05, 3.63) is 29.8 Å². The van der Waals surface area contributed by atoms with E-state index in [4.69, 9.17) is 4.74 Å². The smallest absolute Gasteiger partial charge is 0.233 e. The fourth-order valence-electron chi connectivity index (χ4n) is 5.78. The lowest BCUT2D eigenvalue weighted by Gasteiger charge is -2.57. The van der Waals surface area contributed by atoms with Crippen molar-refractivity contribution in [2.24, 2.45) is 17.8 Å². The Morgan fingerprint density at radius 1 is 1.20 bits per heavy atom. The Hall–Kier alpha value is -1.16. The zero-order chi connectivity index (χ0) is 17.4. The van der Waals surface area contributed by atoms with E-state index in [1.54, 1.807) is 7.11 Å². The molecule has 4 fully saturated rings. The number of rotatable bonds is 6. The van der Waals surface area contributed by atoms with Crippen molar-refractivity contribution in [3.8, 4) is 5.75 Å². The summed E-state index contributed by atoms with van der Waals surface area (Å²) in [7, 11) is 1.67. The van der Waals surface area contributed by atoms with Crippen molar-refractivity contribution in [3.63, 3.8) is 0 Å². The maximum atomic E-state index is 12.7. The summed E-state index contributed by atoms with van der Waals surface area (Å²) >= 11 is 1.97. The highest BCUT2D eigenvalue weighted by Gasteiger charge is 2.52. The van der Waals surface area contributed by atoms with Gasteiger partial charge in [-0.25, -0.2) is 0 Å². The van der Waals surface area contributed by atoms with Crippen LogP contribution in [-0.4, -0.2) is 23.0 Å². The minimum Gasteiger partial charge on any atom is -0.496 e. The maximum absolute atomic E-state index is 12.7. The van der Waals surface area contributed by atoms with Gasteiger partial charge in [-0.05, 0) is 69.3 Å². The minimum absolute atomic E-state index is 0.0194. The molecule has 136 valence electrons. The molecular weight excluding hydrogens is 330 g/mol. The van der Waals surface area contributed by atoms with Crippen LogP contribution in [0.15, 0.2) is 24.3 Å². The summed E-state index contributed by atoms with van der Waals surface area (Å²) in [6.45, 7) is 2.62. The van der Waals surface area contributed by atoms with Gasteiger partial charge in [0.1, 0.15) is 5.75 Å². The number of hydrogen-bond acceptors (Lipinski definition) is 3. The van der Waals surface area contributed by atoms with E-state index in [-0.39, 0.29) is 11.2 Å². The molecule has 4 aliphatic rings. The maximum Gasteiger partial charge on any atom is 0.233 e. The average Bonchev–Trinajstić information content (AvgIpc) is 2.58. The van der Waals surface area contributed by atoms with E-state index in [0.29, 0.717) is 11.3 Å². The molecule has 1 aromatic carbocycles. The quantitative estimate of drug-likeness (QED) is 0.818. The molecule has 0 aromatic heterocycles. The number of methoxy groups -OCH3 is 1. The molecular formula is C21H29NO2S. The van der Waals surface area contributed by atoms with E-state index < -0.39 is 0 Å². The number of carbonyl (C=O) groups excluding carboxylic acids is 1. The lowest BCUT2D eigenvalue weighted by atomic mass is 9.56. The highest BCUT2D eigenvalue weighted by molar-refractivity contribution is 8.01. The zero-order valence-corrected chi connectivity index (χ0v) is 16.1. The number of amides is 1. The third-order valence-electron chi connectivity index (χ3n) is 6.42. The molecule has 0 heterocycles. The van der Waals surface area contributed by atoms with Crippen LogP contribution in [-0.2, 0) is 11.3 Å². The summed E-state index contributed by atoms with van der Waals surface area (Å²) in [4.78, 5) is 12.7.